The maximum Gasteiger partial charge on any atom is 0.261 e. The number of aromatic nitrogens is 1. The molecule has 0 spiro atoms. The van der Waals surface area contributed by atoms with Crippen LogP contribution in [0.15, 0.2) is 23.6 Å². The van der Waals surface area contributed by atoms with Gasteiger partial charge in [0.05, 0.1) is 5.56 Å². The lowest BCUT2D eigenvalue weighted by Crippen LogP contribution is -2.12. The second kappa shape index (κ2) is 5.07. The van der Waals surface area contributed by atoms with E-state index in [1.54, 1.807) is 0 Å². The van der Waals surface area contributed by atoms with E-state index in [-0.39, 0.29) is 33.7 Å². The standard InChI is InChI=1S/C12H10N2O4S/c1-6(15)9-5-19-12(13-9)14-11(18)8-4-7(16)2-3-10(8)17/h2-5,16-17H,1H3,(H,13,14,18). The molecule has 0 radical (unpaired) electrons. The van der Waals surface area contributed by atoms with Crippen LogP contribution in [0, 0.1) is 0 Å². The Morgan fingerprint density at radius 3 is 2.68 bits per heavy atom. The molecule has 6 nitrogen and oxygen atoms in total. The number of nitrogens with one attached hydrogen (secondary N) is 1. The molecule has 0 atom stereocenters. The van der Waals surface area contributed by atoms with Crippen molar-refractivity contribution in [1.82, 2.24) is 4.98 Å². The Morgan fingerprint density at radius 2 is 2.05 bits per heavy atom. The smallest absolute Gasteiger partial charge is 0.261 e. The second-order valence-electron chi connectivity index (χ2n) is 3.75. The fourth-order valence-corrected chi connectivity index (χ4v) is 2.11. The number of hydrogen-bond acceptors (Lipinski definition) is 6. The first-order valence-corrected chi connectivity index (χ1v) is 6.15. The van der Waals surface area contributed by atoms with Crippen molar-refractivity contribution in [3.63, 3.8) is 0 Å². The number of amides is 1. The molecular formula is C12H10N2O4S. The van der Waals surface area contributed by atoms with Crippen molar-refractivity contribution in [3.8, 4) is 11.5 Å². The molecule has 1 aromatic carbocycles. The quantitative estimate of drug-likeness (QED) is 0.589. The van der Waals surface area contributed by atoms with E-state index in [9.17, 15) is 19.8 Å². The van der Waals surface area contributed by atoms with Crippen LogP contribution in [0.5, 0.6) is 11.5 Å². The van der Waals surface area contributed by atoms with Gasteiger partial charge in [0.15, 0.2) is 10.9 Å². The molecule has 0 saturated heterocycles. The zero-order chi connectivity index (χ0) is 14.0. The third kappa shape index (κ3) is 2.89. The summed E-state index contributed by atoms with van der Waals surface area (Å²) in [6.07, 6.45) is 0. The number of rotatable bonds is 3. The van der Waals surface area contributed by atoms with Crippen LogP contribution < -0.4 is 5.32 Å². The fraction of sp³-hybridized carbons (Fsp3) is 0.0833. The highest BCUT2D eigenvalue weighted by Gasteiger charge is 2.14. The maximum atomic E-state index is 11.9. The van der Waals surface area contributed by atoms with Crippen molar-refractivity contribution in [2.75, 3.05) is 5.32 Å². The van der Waals surface area contributed by atoms with Crippen LogP contribution in [0.2, 0.25) is 0 Å². The van der Waals surface area contributed by atoms with E-state index in [4.69, 9.17) is 0 Å². The average molecular weight is 278 g/mol. The van der Waals surface area contributed by atoms with Gasteiger partial charge in [0.25, 0.3) is 5.91 Å². The molecule has 0 fully saturated rings. The number of ketones is 1. The molecule has 0 aliphatic carbocycles. The van der Waals surface area contributed by atoms with Crippen LogP contribution in [-0.4, -0.2) is 26.9 Å². The molecule has 1 aromatic heterocycles. The van der Waals surface area contributed by atoms with Crippen molar-refractivity contribution >= 4 is 28.2 Å². The van der Waals surface area contributed by atoms with Gasteiger partial charge in [-0.25, -0.2) is 4.98 Å². The van der Waals surface area contributed by atoms with E-state index < -0.39 is 5.91 Å². The number of phenolic OH excluding ortho intramolecular Hbond substituents is 2. The average Bonchev–Trinajstić information content (AvgIpc) is 2.80. The summed E-state index contributed by atoms with van der Waals surface area (Å²) in [5.74, 6) is -1.19. The Balaban J connectivity index is 2.20. The summed E-state index contributed by atoms with van der Waals surface area (Å²) in [6.45, 7) is 1.38. The highest BCUT2D eigenvalue weighted by Crippen LogP contribution is 2.24. The third-order valence-corrected chi connectivity index (χ3v) is 3.07. The molecule has 1 heterocycles. The Labute approximate surface area is 112 Å². The van der Waals surface area contributed by atoms with E-state index in [0.717, 1.165) is 17.4 Å². The number of nitrogens with zero attached hydrogens (tertiary/aromatic N) is 1. The lowest BCUT2D eigenvalue weighted by molar-refractivity contribution is 0.100. The van der Waals surface area contributed by atoms with Gasteiger partial charge in [-0.2, -0.15) is 0 Å². The van der Waals surface area contributed by atoms with Crippen LogP contribution in [0.25, 0.3) is 0 Å². The maximum absolute atomic E-state index is 11.9. The minimum Gasteiger partial charge on any atom is -0.508 e. The number of hydrogen-bond donors (Lipinski definition) is 3. The van der Waals surface area contributed by atoms with Gasteiger partial charge in [-0.05, 0) is 18.2 Å². The summed E-state index contributed by atoms with van der Waals surface area (Å²) in [5.41, 5.74) is 0.194. The number of anilines is 1. The molecule has 1 amide bonds. The molecule has 7 heteroatoms. The predicted octanol–water partition coefficient (Wildman–Crippen LogP) is 2.01. The van der Waals surface area contributed by atoms with Gasteiger partial charge < -0.3 is 10.2 Å². The number of aromatic hydroxyl groups is 2. The van der Waals surface area contributed by atoms with E-state index >= 15 is 0 Å². The third-order valence-electron chi connectivity index (χ3n) is 2.31. The number of benzene rings is 1. The van der Waals surface area contributed by atoms with Crippen molar-refractivity contribution < 1.29 is 19.8 Å². The monoisotopic (exact) mass is 278 g/mol. The second-order valence-corrected chi connectivity index (χ2v) is 4.61. The number of Topliss-reactive ketones (excluding diaryl/α,β-unsaturated/α-hetero) is 1. The Bertz CT molecular complexity index is 651. The molecule has 0 aliphatic heterocycles. The fourth-order valence-electron chi connectivity index (χ4n) is 1.36. The first kappa shape index (κ1) is 13.0. The Morgan fingerprint density at radius 1 is 1.32 bits per heavy atom. The molecule has 19 heavy (non-hydrogen) atoms. The first-order valence-electron chi connectivity index (χ1n) is 5.27. The van der Waals surface area contributed by atoms with Gasteiger partial charge in [0, 0.05) is 12.3 Å². The van der Waals surface area contributed by atoms with Crippen LogP contribution in [0.4, 0.5) is 5.13 Å². The first-order chi connectivity index (χ1) is 8.97. The van der Waals surface area contributed by atoms with Crippen LogP contribution in [0.3, 0.4) is 0 Å². The molecule has 0 aliphatic rings. The number of carbonyl (C=O) groups excluding carboxylic acids is 2. The summed E-state index contributed by atoms with van der Waals surface area (Å²) in [4.78, 5) is 26.9. The molecule has 2 rings (SSSR count). The van der Waals surface area contributed by atoms with Gasteiger partial charge in [0.2, 0.25) is 0 Å². The largest absolute Gasteiger partial charge is 0.508 e. The van der Waals surface area contributed by atoms with Gasteiger partial charge in [0.1, 0.15) is 17.2 Å². The number of phenols is 2. The minimum absolute atomic E-state index is 0.0698. The molecule has 2 aromatic rings. The van der Waals surface area contributed by atoms with Gasteiger partial charge in [-0.1, -0.05) is 0 Å². The molecule has 0 saturated carbocycles. The highest BCUT2D eigenvalue weighted by atomic mass is 32.1. The van der Waals surface area contributed by atoms with E-state index in [2.05, 4.69) is 10.3 Å². The van der Waals surface area contributed by atoms with Crippen molar-refractivity contribution in [3.05, 3.63) is 34.8 Å². The molecule has 3 N–H and O–H groups in total. The summed E-state index contributed by atoms with van der Waals surface area (Å²) in [7, 11) is 0. The Hall–Kier alpha value is -2.41. The zero-order valence-corrected chi connectivity index (χ0v) is 10.7. The van der Waals surface area contributed by atoms with Crippen molar-refractivity contribution in [1.29, 1.82) is 0 Å². The van der Waals surface area contributed by atoms with Gasteiger partial charge in [-0.15, -0.1) is 11.3 Å². The molecule has 0 unspecified atom stereocenters. The van der Waals surface area contributed by atoms with E-state index in [1.807, 2.05) is 0 Å². The lowest BCUT2D eigenvalue weighted by Gasteiger charge is -2.04. The normalized spacial score (nSPS) is 10.2. The van der Waals surface area contributed by atoms with Crippen LogP contribution in [0.1, 0.15) is 27.8 Å². The topological polar surface area (TPSA) is 99.5 Å². The molecule has 0 bridgehead atoms. The summed E-state index contributed by atoms with van der Waals surface area (Å²) < 4.78 is 0. The number of carbonyl (C=O) groups is 2. The highest BCUT2D eigenvalue weighted by molar-refractivity contribution is 7.14. The van der Waals surface area contributed by atoms with Gasteiger partial charge in [-0.3, -0.25) is 14.9 Å². The molecule has 98 valence electrons. The summed E-state index contributed by atoms with van der Waals surface area (Å²) >= 11 is 1.10. The molecular weight excluding hydrogens is 268 g/mol. The van der Waals surface area contributed by atoms with Crippen LogP contribution in [-0.2, 0) is 0 Å². The van der Waals surface area contributed by atoms with Crippen LogP contribution >= 0.6 is 11.3 Å². The minimum atomic E-state index is -0.613. The summed E-state index contributed by atoms with van der Waals surface area (Å²) in [5, 5.41) is 23.0. The SMILES string of the molecule is CC(=O)c1csc(NC(=O)c2cc(O)ccc2O)n1. The Kier molecular flexibility index (Phi) is 3.48. The zero-order valence-electron chi connectivity index (χ0n) is 9.88. The van der Waals surface area contributed by atoms with Gasteiger partial charge >= 0.3 is 0 Å². The number of thiazole rings is 1. The van der Waals surface area contributed by atoms with Crippen molar-refractivity contribution in [2.24, 2.45) is 0 Å². The van der Waals surface area contributed by atoms with E-state index in [1.165, 1.54) is 24.4 Å². The summed E-state index contributed by atoms with van der Waals surface area (Å²) in [6, 6.07) is 3.63. The predicted molar refractivity (Wildman–Crippen MR) is 69.8 cm³/mol. The lowest BCUT2D eigenvalue weighted by atomic mass is 10.2. The van der Waals surface area contributed by atoms with Crippen molar-refractivity contribution in [2.45, 2.75) is 6.92 Å². The van der Waals surface area contributed by atoms with E-state index in [0.29, 0.717) is 0 Å².